The third kappa shape index (κ3) is 2.77. The van der Waals surface area contributed by atoms with Gasteiger partial charge in [-0.25, -0.2) is 8.42 Å². The van der Waals surface area contributed by atoms with E-state index in [4.69, 9.17) is 0 Å². The zero-order valence-electron chi connectivity index (χ0n) is 10.6. The zero-order chi connectivity index (χ0) is 14.8. The number of para-hydroxylation sites is 2. The molecule has 0 aliphatic heterocycles. The minimum atomic E-state index is -3.85. The molecule has 0 spiro atoms. The molecule has 0 bridgehead atoms. The van der Waals surface area contributed by atoms with Gasteiger partial charge in [0.2, 0.25) is 0 Å². The summed E-state index contributed by atoms with van der Waals surface area (Å²) in [6.45, 7) is 1.66. The van der Waals surface area contributed by atoms with Gasteiger partial charge < -0.3 is 0 Å². The van der Waals surface area contributed by atoms with Crippen LogP contribution in [0.15, 0.2) is 53.4 Å². The van der Waals surface area contributed by atoms with Gasteiger partial charge in [-0.2, -0.15) is 0 Å². The quantitative estimate of drug-likeness (QED) is 0.693. The molecular formula is C13H12N2O4S. The largest absolute Gasteiger partial charge is 0.293 e. The first kappa shape index (κ1) is 14.0. The Hall–Kier alpha value is -2.41. The molecular weight excluding hydrogens is 280 g/mol. The summed E-state index contributed by atoms with van der Waals surface area (Å²) in [5.74, 6) is 0. The van der Waals surface area contributed by atoms with E-state index in [1.807, 2.05) is 0 Å². The molecule has 20 heavy (non-hydrogen) atoms. The van der Waals surface area contributed by atoms with Crippen molar-refractivity contribution < 1.29 is 13.3 Å². The highest BCUT2D eigenvalue weighted by molar-refractivity contribution is 7.92. The lowest BCUT2D eigenvalue weighted by molar-refractivity contribution is -0.383. The molecule has 2 rings (SSSR count). The highest BCUT2D eigenvalue weighted by Crippen LogP contribution is 2.26. The smallest absolute Gasteiger partial charge is 0.273 e. The van der Waals surface area contributed by atoms with Crippen LogP contribution in [0.2, 0.25) is 0 Å². The van der Waals surface area contributed by atoms with Gasteiger partial charge >= 0.3 is 0 Å². The minimum Gasteiger partial charge on any atom is -0.273 e. The normalized spacial score (nSPS) is 11.1. The van der Waals surface area contributed by atoms with Crippen LogP contribution in [0, 0.1) is 17.0 Å². The molecule has 0 saturated carbocycles. The molecule has 1 N–H and O–H groups in total. The van der Waals surface area contributed by atoms with E-state index in [-0.39, 0.29) is 16.3 Å². The van der Waals surface area contributed by atoms with Crippen LogP contribution >= 0.6 is 0 Å². The van der Waals surface area contributed by atoms with Crippen LogP contribution in [0.25, 0.3) is 0 Å². The van der Waals surface area contributed by atoms with Gasteiger partial charge in [0.1, 0.15) is 5.69 Å². The maximum atomic E-state index is 12.3. The summed E-state index contributed by atoms with van der Waals surface area (Å²) < 4.78 is 26.8. The SMILES string of the molecule is Cc1ccccc1S(=O)(=O)Nc1ccccc1[N+](=O)[O-]. The number of nitro groups is 1. The lowest BCUT2D eigenvalue weighted by atomic mass is 10.2. The first-order chi connectivity index (χ1) is 9.42. The third-order valence-corrected chi connectivity index (χ3v) is 4.25. The topological polar surface area (TPSA) is 89.3 Å². The van der Waals surface area contributed by atoms with Crippen molar-refractivity contribution in [1.82, 2.24) is 0 Å². The van der Waals surface area contributed by atoms with Crippen LogP contribution in [0.3, 0.4) is 0 Å². The summed E-state index contributed by atoms with van der Waals surface area (Å²) in [6, 6.07) is 12.0. The average molecular weight is 292 g/mol. The zero-order valence-corrected chi connectivity index (χ0v) is 11.4. The van der Waals surface area contributed by atoms with E-state index in [0.717, 1.165) is 0 Å². The summed E-state index contributed by atoms with van der Waals surface area (Å²) in [5.41, 5.74) is 0.226. The standard InChI is InChI=1S/C13H12N2O4S/c1-10-6-2-5-9-13(10)20(18,19)14-11-7-3-4-8-12(11)15(16)17/h2-9,14H,1H3. The summed E-state index contributed by atoms with van der Waals surface area (Å²) in [6.07, 6.45) is 0. The maximum Gasteiger partial charge on any atom is 0.293 e. The van der Waals surface area contributed by atoms with Crippen LogP contribution in [-0.4, -0.2) is 13.3 Å². The van der Waals surface area contributed by atoms with E-state index < -0.39 is 14.9 Å². The summed E-state index contributed by atoms with van der Waals surface area (Å²) in [7, 11) is -3.85. The Morgan fingerprint density at radius 3 is 2.30 bits per heavy atom. The summed E-state index contributed by atoms with van der Waals surface area (Å²) >= 11 is 0. The number of benzene rings is 2. The fourth-order valence-electron chi connectivity index (χ4n) is 1.78. The summed E-state index contributed by atoms with van der Waals surface area (Å²) in [5, 5.41) is 10.9. The van der Waals surface area contributed by atoms with Gasteiger partial charge in [0.25, 0.3) is 15.7 Å². The molecule has 0 fully saturated rings. The maximum absolute atomic E-state index is 12.3. The fraction of sp³-hybridized carbons (Fsp3) is 0.0769. The number of anilines is 1. The van der Waals surface area contributed by atoms with Gasteiger partial charge in [-0.1, -0.05) is 30.3 Å². The van der Waals surface area contributed by atoms with Crippen molar-refractivity contribution in [1.29, 1.82) is 0 Å². The van der Waals surface area contributed by atoms with E-state index >= 15 is 0 Å². The Labute approximate surface area is 116 Å². The van der Waals surface area contributed by atoms with Crippen LogP contribution in [0.1, 0.15) is 5.56 Å². The van der Waals surface area contributed by atoms with E-state index in [1.54, 1.807) is 25.1 Å². The molecule has 0 aromatic heterocycles. The van der Waals surface area contributed by atoms with E-state index in [9.17, 15) is 18.5 Å². The molecule has 2 aromatic rings. The van der Waals surface area contributed by atoms with Crippen LogP contribution in [0.5, 0.6) is 0 Å². The number of hydrogen-bond donors (Lipinski definition) is 1. The van der Waals surface area contributed by atoms with Gasteiger partial charge in [-0.05, 0) is 24.6 Å². The van der Waals surface area contributed by atoms with Gasteiger partial charge in [0, 0.05) is 6.07 Å². The molecule has 0 heterocycles. The molecule has 0 amide bonds. The predicted octanol–water partition coefficient (Wildman–Crippen LogP) is 2.70. The molecule has 6 nitrogen and oxygen atoms in total. The predicted molar refractivity (Wildman–Crippen MR) is 75.1 cm³/mol. The first-order valence-corrected chi connectivity index (χ1v) is 7.22. The molecule has 0 aliphatic carbocycles. The molecule has 0 radical (unpaired) electrons. The van der Waals surface area contributed by atoms with Crippen molar-refractivity contribution >= 4 is 21.4 Å². The molecule has 0 unspecified atom stereocenters. The second-order valence-electron chi connectivity index (χ2n) is 4.15. The van der Waals surface area contributed by atoms with Gasteiger partial charge in [0.15, 0.2) is 0 Å². The van der Waals surface area contributed by atoms with E-state index in [1.165, 1.54) is 30.3 Å². The van der Waals surface area contributed by atoms with Crippen LogP contribution < -0.4 is 4.72 Å². The second-order valence-corrected chi connectivity index (χ2v) is 5.80. The molecule has 0 aliphatic rings. The number of rotatable bonds is 4. The van der Waals surface area contributed by atoms with E-state index in [0.29, 0.717) is 5.56 Å². The Morgan fingerprint density at radius 1 is 1.05 bits per heavy atom. The van der Waals surface area contributed by atoms with Crippen molar-refractivity contribution in [3.05, 3.63) is 64.2 Å². The monoisotopic (exact) mass is 292 g/mol. The fourth-order valence-corrected chi connectivity index (χ4v) is 3.10. The Balaban J connectivity index is 2.45. The highest BCUT2D eigenvalue weighted by atomic mass is 32.2. The number of nitrogens with one attached hydrogen (secondary N) is 1. The molecule has 2 aromatic carbocycles. The number of aryl methyl sites for hydroxylation is 1. The van der Waals surface area contributed by atoms with Crippen molar-refractivity contribution in [2.75, 3.05) is 4.72 Å². The van der Waals surface area contributed by atoms with Crippen LogP contribution in [0.4, 0.5) is 11.4 Å². The van der Waals surface area contributed by atoms with E-state index in [2.05, 4.69) is 4.72 Å². The lowest BCUT2D eigenvalue weighted by Crippen LogP contribution is -2.15. The van der Waals surface area contributed by atoms with Crippen molar-refractivity contribution in [2.24, 2.45) is 0 Å². The lowest BCUT2D eigenvalue weighted by Gasteiger charge is -2.10. The van der Waals surface area contributed by atoms with Crippen molar-refractivity contribution in [3.8, 4) is 0 Å². The number of nitrogens with zero attached hydrogens (tertiary/aromatic N) is 1. The highest BCUT2D eigenvalue weighted by Gasteiger charge is 2.21. The van der Waals surface area contributed by atoms with Gasteiger partial charge in [-0.3, -0.25) is 14.8 Å². The van der Waals surface area contributed by atoms with Gasteiger partial charge in [-0.15, -0.1) is 0 Å². The Morgan fingerprint density at radius 2 is 1.65 bits per heavy atom. The molecule has 0 saturated heterocycles. The average Bonchev–Trinajstić information content (AvgIpc) is 2.39. The Bertz CT molecular complexity index is 756. The Kier molecular flexibility index (Phi) is 3.71. The second kappa shape index (κ2) is 5.30. The number of sulfonamides is 1. The number of nitro benzene ring substituents is 1. The van der Waals surface area contributed by atoms with Gasteiger partial charge in [0.05, 0.1) is 9.82 Å². The molecule has 104 valence electrons. The van der Waals surface area contributed by atoms with Crippen molar-refractivity contribution in [2.45, 2.75) is 11.8 Å². The number of hydrogen-bond acceptors (Lipinski definition) is 4. The molecule has 7 heteroatoms. The summed E-state index contributed by atoms with van der Waals surface area (Å²) in [4.78, 5) is 10.3. The third-order valence-electron chi connectivity index (χ3n) is 2.73. The molecule has 0 atom stereocenters. The first-order valence-electron chi connectivity index (χ1n) is 5.74. The van der Waals surface area contributed by atoms with Crippen molar-refractivity contribution in [3.63, 3.8) is 0 Å². The van der Waals surface area contributed by atoms with Crippen LogP contribution in [-0.2, 0) is 10.0 Å². The minimum absolute atomic E-state index is 0.0549.